The first-order valence-corrected chi connectivity index (χ1v) is 11.4. The monoisotopic (exact) mass is 463 g/mol. The minimum atomic E-state index is -0.533. The predicted octanol–water partition coefficient (Wildman–Crippen LogP) is 2.58. The third-order valence-corrected chi connectivity index (χ3v) is 6.58. The van der Waals surface area contributed by atoms with Crippen LogP contribution in [0.4, 0.5) is 5.69 Å². The van der Waals surface area contributed by atoms with Gasteiger partial charge in [-0.25, -0.2) is 0 Å². The highest BCUT2D eigenvalue weighted by molar-refractivity contribution is 7.17. The summed E-state index contributed by atoms with van der Waals surface area (Å²) >= 11 is 1.27. The molecule has 4 rings (SSSR count). The van der Waals surface area contributed by atoms with E-state index in [4.69, 9.17) is 17.2 Å². The van der Waals surface area contributed by atoms with Crippen molar-refractivity contribution < 1.29 is 14.4 Å². The largest absolute Gasteiger partial charge is 0.366 e. The lowest BCUT2D eigenvalue weighted by molar-refractivity contribution is 0.0948. The maximum absolute atomic E-state index is 13.0. The van der Waals surface area contributed by atoms with Crippen molar-refractivity contribution in [1.29, 1.82) is 0 Å². The smallest absolute Gasteiger partial charge is 0.265 e. The second-order valence-electron chi connectivity index (χ2n) is 7.88. The Balaban J connectivity index is 1.57. The molecule has 170 valence electrons. The van der Waals surface area contributed by atoms with Crippen LogP contribution in [0.25, 0.3) is 10.4 Å². The van der Waals surface area contributed by atoms with Crippen LogP contribution in [0.1, 0.15) is 54.4 Å². The van der Waals surface area contributed by atoms with Crippen LogP contribution in [0.15, 0.2) is 48.5 Å². The molecular weight excluding hydrogens is 438 g/mol. The lowest BCUT2D eigenvalue weighted by Crippen LogP contribution is -2.25. The van der Waals surface area contributed by atoms with Gasteiger partial charge in [-0.1, -0.05) is 12.1 Å². The van der Waals surface area contributed by atoms with E-state index in [0.717, 1.165) is 34.4 Å². The van der Waals surface area contributed by atoms with Crippen LogP contribution < -0.4 is 27.8 Å². The SMILES string of the molecule is NCc1ccc(C(=O)NC2CC2)cc1NC(=O)c1ccc(-c2cc(C(N)=O)ccc2CN)s1. The summed E-state index contributed by atoms with van der Waals surface area (Å²) in [4.78, 5) is 38.2. The van der Waals surface area contributed by atoms with Gasteiger partial charge >= 0.3 is 0 Å². The molecule has 0 radical (unpaired) electrons. The van der Waals surface area contributed by atoms with E-state index in [1.54, 1.807) is 42.5 Å². The fourth-order valence-electron chi connectivity index (χ4n) is 3.43. The zero-order valence-electron chi connectivity index (χ0n) is 17.9. The summed E-state index contributed by atoms with van der Waals surface area (Å²) < 4.78 is 0. The molecule has 0 unspecified atom stereocenters. The Hall–Kier alpha value is -3.53. The normalized spacial score (nSPS) is 12.9. The van der Waals surface area contributed by atoms with Crippen molar-refractivity contribution >= 4 is 34.7 Å². The van der Waals surface area contributed by atoms with Crippen molar-refractivity contribution in [3.63, 3.8) is 0 Å². The van der Waals surface area contributed by atoms with E-state index in [9.17, 15) is 14.4 Å². The quantitative estimate of drug-likeness (QED) is 0.347. The van der Waals surface area contributed by atoms with Gasteiger partial charge in [-0.2, -0.15) is 0 Å². The highest BCUT2D eigenvalue weighted by atomic mass is 32.1. The van der Waals surface area contributed by atoms with E-state index in [2.05, 4.69) is 10.6 Å². The summed E-state index contributed by atoms with van der Waals surface area (Å²) in [7, 11) is 0. The van der Waals surface area contributed by atoms with Crippen molar-refractivity contribution in [2.24, 2.45) is 17.2 Å². The van der Waals surface area contributed by atoms with Crippen LogP contribution in [-0.4, -0.2) is 23.8 Å². The van der Waals surface area contributed by atoms with Gasteiger partial charge in [-0.3, -0.25) is 14.4 Å². The third-order valence-electron chi connectivity index (χ3n) is 5.46. The van der Waals surface area contributed by atoms with Crippen molar-refractivity contribution in [1.82, 2.24) is 5.32 Å². The number of thiophene rings is 1. The maximum atomic E-state index is 13.0. The standard InChI is InChI=1S/C24H25N5O3S/c25-11-15-3-1-13(22(27)30)9-18(15)20-7-8-21(33-20)24(32)29-19-10-14(2-4-16(19)12-26)23(31)28-17-5-6-17/h1-4,7-10,17H,5-6,11-12,25-26H2,(H2,27,30)(H,28,31)(H,29,32). The van der Waals surface area contributed by atoms with Gasteiger partial charge in [0.2, 0.25) is 5.91 Å². The van der Waals surface area contributed by atoms with Gasteiger partial charge in [0.1, 0.15) is 0 Å². The van der Waals surface area contributed by atoms with Gasteiger partial charge in [0.05, 0.1) is 4.88 Å². The van der Waals surface area contributed by atoms with Crippen LogP contribution in [0.5, 0.6) is 0 Å². The number of primary amides is 1. The summed E-state index contributed by atoms with van der Waals surface area (Å²) in [5.41, 5.74) is 20.8. The Morgan fingerprint density at radius 1 is 0.879 bits per heavy atom. The number of carbonyl (C=O) groups excluding carboxylic acids is 3. The minimum Gasteiger partial charge on any atom is -0.366 e. The van der Waals surface area contributed by atoms with Crippen LogP contribution >= 0.6 is 11.3 Å². The van der Waals surface area contributed by atoms with Gasteiger partial charge in [-0.05, 0) is 65.9 Å². The molecule has 8 N–H and O–H groups in total. The molecule has 2 aromatic carbocycles. The molecule has 3 amide bonds. The second kappa shape index (κ2) is 9.53. The molecular formula is C24H25N5O3S. The number of amides is 3. The third kappa shape index (κ3) is 5.11. The van der Waals surface area contributed by atoms with Crippen molar-refractivity contribution in [2.75, 3.05) is 5.32 Å². The molecule has 0 aliphatic heterocycles. The first-order chi connectivity index (χ1) is 15.9. The van der Waals surface area contributed by atoms with Gasteiger partial charge in [0, 0.05) is 40.8 Å². The fourth-order valence-corrected chi connectivity index (χ4v) is 4.39. The van der Waals surface area contributed by atoms with Gasteiger partial charge < -0.3 is 27.8 Å². The van der Waals surface area contributed by atoms with E-state index >= 15 is 0 Å². The molecule has 1 saturated carbocycles. The zero-order chi connectivity index (χ0) is 23.5. The van der Waals surface area contributed by atoms with Crippen LogP contribution in [-0.2, 0) is 13.1 Å². The molecule has 1 aliphatic rings. The average molecular weight is 464 g/mol. The molecule has 3 aromatic rings. The van der Waals surface area contributed by atoms with E-state index in [1.807, 2.05) is 6.07 Å². The molecule has 1 fully saturated rings. The van der Waals surface area contributed by atoms with Crippen LogP contribution in [0.3, 0.4) is 0 Å². The van der Waals surface area contributed by atoms with Gasteiger partial charge in [-0.15, -0.1) is 11.3 Å². The maximum Gasteiger partial charge on any atom is 0.265 e. The van der Waals surface area contributed by atoms with E-state index in [1.165, 1.54) is 11.3 Å². The van der Waals surface area contributed by atoms with E-state index in [0.29, 0.717) is 21.7 Å². The molecule has 33 heavy (non-hydrogen) atoms. The number of carbonyl (C=O) groups is 3. The number of nitrogens with one attached hydrogen (secondary N) is 2. The number of hydrogen-bond donors (Lipinski definition) is 5. The lowest BCUT2D eigenvalue weighted by Gasteiger charge is -2.12. The highest BCUT2D eigenvalue weighted by Crippen LogP contribution is 2.32. The molecule has 8 nitrogen and oxygen atoms in total. The molecule has 9 heteroatoms. The average Bonchev–Trinajstić information content (AvgIpc) is 3.49. The van der Waals surface area contributed by atoms with E-state index in [-0.39, 0.29) is 30.9 Å². The number of anilines is 1. The topological polar surface area (TPSA) is 153 Å². The van der Waals surface area contributed by atoms with Crippen molar-refractivity contribution in [3.05, 3.63) is 75.7 Å². The second-order valence-corrected chi connectivity index (χ2v) is 8.97. The summed E-state index contributed by atoms with van der Waals surface area (Å²) in [5.74, 6) is -1.02. The summed E-state index contributed by atoms with van der Waals surface area (Å²) in [5, 5.41) is 5.82. The molecule has 1 aromatic heterocycles. The number of hydrogen-bond acceptors (Lipinski definition) is 6. The molecule has 0 saturated heterocycles. The lowest BCUT2D eigenvalue weighted by atomic mass is 10.0. The predicted molar refractivity (Wildman–Crippen MR) is 129 cm³/mol. The van der Waals surface area contributed by atoms with Gasteiger partial charge in [0.25, 0.3) is 11.8 Å². The highest BCUT2D eigenvalue weighted by Gasteiger charge is 2.24. The van der Waals surface area contributed by atoms with E-state index < -0.39 is 5.91 Å². The zero-order valence-corrected chi connectivity index (χ0v) is 18.7. The summed E-state index contributed by atoms with van der Waals surface area (Å²) in [6.07, 6.45) is 1.98. The summed E-state index contributed by atoms with van der Waals surface area (Å²) in [6.45, 7) is 0.499. The van der Waals surface area contributed by atoms with Crippen molar-refractivity contribution in [2.45, 2.75) is 32.0 Å². The Morgan fingerprint density at radius 3 is 2.24 bits per heavy atom. The number of rotatable bonds is 8. The van der Waals surface area contributed by atoms with Crippen LogP contribution in [0.2, 0.25) is 0 Å². The van der Waals surface area contributed by atoms with Crippen LogP contribution in [0, 0.1) is 0 Å². The first kappa shape index (κ1) is 22.7. The Kier molecular flexibility index (Phi) is 6.55. The fraction of sp³-hybridized carbons (Fsp3) is 0.208. The Bertz CT molecular complexity index is 1230. The molecule has 1 heterocycles. The molecule has 1 aliphatic carbocycles. The first-order valence-electron chi connectivity index (χ1n) is 10.6. The number of nitrogens with two attached hydrogens (primary N) is 3. The van der Waals surface area contributed by atoms with Crippen molar-refractivity contribution in [3.8, 4) is 10.4 Å². The number of benzene rings is 2. The molecule has 0 bridgehead atoms. The molecule has 0 atom stereocenters. The Labute approximate surface area is 195 Å². The Morgan fingerprint density at radius 2 is 1.58 bits per heavy atom. The molecule has 0 spiro atoms. The summed E-state index contributed by atoms with van der Waals surface area (Å²) in [6, 6.07) is 13.9. The van der Waals surface area contributed by atoms with Gasteiger partial charge in [0.15, 0.2) is 0 Å². The minimum absolute atomic E-state index is 0.168.